The Morgan fingerprint density at radius 2 is 2.30 bits per heavy atom. The number of imidazole rings is 1. The molecular weight excluding hydrogens is 263 g/mol. The Labute approximate surface area is 115 Å². The molecular formula is C13H15FN4O2. The predicted molar refractivity (Wildman–Crippen MR) is 71.8 cm³/mol. The van der Waals surface area contributed by atoms with Crippen LogP contribution in [0, 0.1) is 15.9 Å². The molecule has 0 radical (unpaired) electrons. The van der Waals surface area contributed by atoms with Crippen LogP contribution in [0.4, 0.5) is 10.1 Å². The number of nitro benzene ring substituents is 1. The minimum Gasteiger partial charge on any atom is -0.332 e. The van der Waals surface area contributed by atoms with Crippen LogP contribution in [0.25, 0.3) is 0 Å². The van der Waals surface area contributed by atoms with Gasteiger partial charge in [0.2, 0.25) is 0 Å². The number of aromatic nitrogens is 2. The molecule has 1 aromatic heterocycles. The van der Waals surface area contributed by atoms with Crippen molar-refractivity contribution in [2.75, 3.05) is 6.54 Å². The Morgan fingerprint density at radius 1 is 1.50 bits per heavy atom. The van der Waals surface area contributed by atoms with E-state index in [0.717, 1.165) is 18.3 Å². The van der Waals surface area contributed by atoms with Crippen molar-refractivity contribution < 1.29 is 9.31 Å². The molecule has 7 heteroatoms. The second-order valence-corrected chi connectivity index (χ2v) is 4.35. The Balaban J connectivity index is 2.19. The third-order valence-electron chi connectivity index (χ3n) is 2.83. The Morgan fingerprint density at radius 3 is 3.00 bits per heavy atom. The fourth-order valence-electron chi connectivity index (χ4n) is 1.89. The number of nitro groups is 1. The van der Waals surface area contributed by atoms with Gasteiger partial charge in [-0.1, -0.05) is 6.92 Å². The molecule has 1 N–H and O–H groups in total. The molecule has 0 fully saturated rings. The highest BCUT2D eigenvalue weighted by molar-refractivity contribution is 5.40. The maximum atomic E-state index is 13.2. The zero-order chi connectivity index (χ0) is 14.5. The van der Waals surface area contributed by atoms with Gasteiger partial charge in [0, 0.05) is 18.8 Å². The summed E-state index contributed by atoms with van der Waals surface area (Å²) in [5.74, 6) is -0.487. The van der Waals surface area contributed by atoms with E-state index in [0.29, 0.717) is 12.1 Å². The lowest BCUT2D eigenvalue weighted by atomic mass is 10.1. The lowest BCUT2D eigenvalue weighted by Crippen LogP contribution is -2.11. The van der Waals surface area contributed by atoms with Crippen molar-refractivity contribution in [1.82, 2.24) is 14.9 Å². The van der Waals surface area contributed by atoms with Crippen molar-refractivity contribution >= 4 is 5.69 Å². The fourth-order valence-corrected chi connectivity index (χ4v) is 1.89. The van der Waals surface area contributed by atoms with Gasteiger partial charge < -0.3 is 9.88 Å². The summed E-state index contributed by atoms with van der Waals surface area (Å²) in [7, 11) is 0. The van der Waals surface area contributed by atoms with Crippen molar-refractivity contribution in [3.05, 3.63) is 57.9 Å². The first-order valence-electron chi connectivity index (χ1n) is 6.24. The van der Waals surface area contributed by atoms with Crippen LogP contribution in [0.2, 0.25) is 0 Å². The summed E-state index contributed by atoms with van der Waals surface area (Å²) in [6.07, 6.45) is 3.37. The molecule has 1 heterocycles. The largest absolute Gasteiger partial charge is 0.332 e. The zero-order valence-electron chi connectivity index (χ0n) is 11.0. The average Bonchev–Trinajstić information content (AvgIpc) is 2.83. The summed E-state index contributed by atoms with van der Waals surface area (Å²) in [6, 6.07) is 3.45. The van der Waals surface area contributed by atoms with Crippen LogP contribution in [0.15, 0.2) is 30.7 Å². The monoisotopic (exact) mass is 278 g/mol. The molecule has 0 spiro atoms. The van der Waals surface area contributed by atoms with Gasteiger partial charge in [0.15, 0.2) is 0 Å². The number of hydrogen-bond acceptors (Lipinski definition) is 4. The number of benzene rings is 1. The number of rotatable bonds is 6. The van der Waals surface area contributed by atoms with Crippen molar-refractivity contribution in [3.8, 4) is 0 Å². The summed E-state index contributed by atoms with van der Waals surface area (Å²) >= 11 is 0. The number of hydrogen-bond donors (Lipinski definition) is 1. The van der Waals surface area contributed by atoms with E-state index in [-0.39, 0.29) is 12.2 Å². The third kappa shape index (κ3) is 3.39. The first-order chi connectivity index (χ1) is 9.60. The molecule has 0 saturated carbocycles. The highest BCUT2D eigenvalue weighted by Gasteiger charge is 2.14. The van der Waals surface area contributed by atoms with Crippen LogP contribution in [0.1, 0.15) is 18.2 Å². The molecule has 106 valence electrons. The van der Waals surface area contributed by atoms with E-state index in [4.69, 9.17) is 0 Å². The molecule has 1 aromatic carbocycles. The fraction of sp³-hybridized carbons (Fsp3) is 0.308. The topological polar surface area (TPSA) is 73.0 Å². The second-order valence-electron chi connectivity index (χ2n) is 4.35. The van der Waals surface area contributed by atoms with E-state index in [9.17, 15) is 14.5 Å². The molecule has 0 unspecified atom stereocenters. The Hall–Kier alpha value is -2.28. The zero-order valence-corrected chi connectivity index (χ0v) is 11.0. The van der Waals surface area contributed by atoms with Crippen molar-refractivity contribution in [2.45, 2.75) is 20.0 Å². The summed E-state index contributed by atoms with van der Waals surface area (Å²) in [4.78, 5) is 14.6. The quantitative estimate of drug-likeness (QED) is 0.648. The second kappa shape index (κ2) is 6.25. The maximum Gasteiger partial charge on any atom is 0.274 e. The number of nitrogens with one attached hydrogen (secondary N) is 1. The molecule has 2 aromatic rings. The lowest BCUT2D eigenvalue weighted by Gasteiger charge is -2.04. The van der Waals surface area contributed by atoms with E-state index in [1.807, 2.05) is 6.92 Å². The standard InChI is InChI=1S/C13H15FN4O2/c1-2-15-6-12-8-17(9-16-12)7-10-5-11(14)3-4-13(10)18(19)20/h3-5,8-9,15H,2,6-7H2,1H3. The van der Waals surface area contributed by atoms with E-state index in [2.05, 4.69) is 10.3 Å². The molecule has 0 aliphatic carbocycles. The highest BCUT2D eigenvalue weighted by Crippen LogP contribution is 2.20. The van der Waals surface area contributed by atoms with E-state index in [1.54, 1.807) is 17.1 Å². The van der Waals surface area contributed by atoms with Gasteiger partial charge in [-0.15, -0.1) is 0 Å². The van der Waals surface area contributed by atoms with Gasteiger partial charge in [0.1, 0.15) is 5.82 Å². The van der Waals surface area contributed by atoms with E-state index in [1.165, 1.54) is 12.1 Å². The van der Waals surface area contributed by atoms with Gasteiger partial charge in [-0.2, -0.15) is 0 Å². The summed E-state index contributed by atoms with van der Waals surface area (Å²) in [6.45, 7) is 3.68. The molecule has 0 amide bonds. The minimum absolute atomic E-state index is 0.0895. The molecule has 0 aliphatic rings. The van der Waals surface area contributed by atoms with Gasteiger partial charge >= 0.3 is 0 Å². The van der Waals surface area contributed by atoms with E-state index >= 15 is 0 Å². The van der Waals surface area contributed by atoms with Crippen LogP contribution in [-0.4, -0.2) is 21.0 Å². The van der Waals surface area contributed by atoms with Crippen LogP contribution in [0.3, 0.4) is 0 Å². The van der Waals surface area contributed by atoms with Crippen LogP contribution in [0.5, 0.6) is 0 Å². The Kier molecular flexibility index (Phi) is 4.41. The smallest absolute Gasteiger partial charge is 0.274 e. The predicted octanol–water partition coefficient (Wildman–Crippen LogP) is 2.09. The van der Waals surface area contributed by atoms with Crippen molar-refractivity contribution in [1.29, 1.82) is 0 Å². The summed E-state index contributed by atoms with van der Waals surface area (Å²) in [5.41, 5.74) is 1.07. The van der Waals surface area contributed by atoms with Gasteiger partial charge in [0.05, 0.1) is 29.1 Å². The lowest BCUT2D eigenvalue weighted by molar-refractivity contribution is -0.385. The third-order valence-corrected chi connectivity index (χ3v) is 2.83. The first kappa shape index (κ1) is 14.1. The van der Waals surface area contributed by atoms with E-state index < -0.39 is 10.7 Å². The number of halogens is 1. The highest BCUT2D eigenvalue weighted by atomic mass is 19.1. The minimum atomic E-state index is -0.509. The van der Waals surface area contributed by atoms with Crippen molar-refractivity contribution in [3.63, 3.8) is 0 Å². The van der Waals surface area contributed by atoms with Gasteiger partial charge in [0.25, 0.3) is 5.69 Å². The molecule has 0 aliphatic heterocycles. The summed E-state index contributed by atoms with van der Waals surface area (Å²) in [5, 5.41) is 14.1. The molecule has 6 nitrogen and oxygen atoms in total. The molecule has 0 bridgehead atoms. The molecule has 20 heavy (non-hydrogen) atoms. The van der Waals surface area contributed by atoms with Gasteiger partial charge in [-0.25, -0.2) is 9.37 Å². The number of nitrogens with zero attached hydrogens (tertiary/aromatic N) is 3. The van der Waals surface area contributed by atoms with Crippen LogP contribution in [-0.2, 0) is 13.1 Å². The van der Waals surface area contributed by atoms with Gasteiger partial charge in [-0.05, 0) is 18.7 Å². The molecule has 0 saturated heterocycles. The van der Waals surface area contributed by atoms with Crippen LogP contribution < -0.4 is 5.32 Å². The first-order valence-corrected chi connectivity index (χ1v) is 6.24. The maximum absolute atomic E-state index is 13.2. The van der Waals surface area contributed by atoms with Crippen molar-refractivity contribution in [2.24, 2.45) is 0 Å². The summed E-state index contributed by atoms with van der Waals surface area (Å²) < 4.78 is 14.9. The van der Waals surface area contributed by atoms with Gasteiger partial charge in [-0.3, -0.25) is 10.1 Å². The molecule has 2 rings (SSSR count). The molecule has 0 atom stereocenters. The normalized spacial score (nSPS) is 10.7. The SMILES string of the molecule is CCNCc1cn(Cc2cc(F)ccc2[N+](=O)[O-])cn1. The average molecular weight is 278 g/mol. The Bertz CT molecular complexity index is 612. The van der Waals surface area contributed by atoms with Crippen LogP contribution >= 0.6 is 0 Å².